The van der Waals surface area contributed by atoms with Crippen LogP contribution in [-0.4, -0.2) is 11.8 Å². The Hall–Kier alpha value is -0.850. The maximum absolute atomic E-state index is 5.09. The predicted octanol–water partition coefficient (Wildman–Crippen LogP) is 5.47. The molecule has 0 bridgehead atoms. The largest absolute Gasteiger partial charge is 0.290 e. The summed E-state index contributed by atoms with van der Waals surface area (Å²) in [6.07, 6.45) is 22.9. The van der Waals surface area contributed by atoms with E-state index < -0.39 is 0 Å². The number of nitrogens with zero attached hydrogens (tertiary/aromatic N) is 1. The van der Waals surface area contributed by atoms with Gasteiger partial charge in [0.1, 0.15) is 0 Å². The highest BCUT2D eigenvalue weighted by atomic mass is 14.9. The van der Waals surface area contributed by atoms with Crippen molar-refractivity contribution < 1.29 is 0 Å². The van der Waals surface area contributed by atoms with Gasteiger partial charge in [0.2, 0.25) is 0 Å². The monoisotopic (exact) mass is 259 g/mol. The molecule has 1 heterocycles. The van der Waals surface area contributed by atoms with Gasteiger partial charge in [-0.2, -0.15) is 0 Å². The van der Waals surface area contributed by atoms with Gasteiger partial charge in [-0.15, -0.1) is 0 Å². The Morgan fingerprint density at radius 1 is 0.789 bits per heavy atom. The molecule has 0 radical (unpaired) electrons. The summed E-state index contributed by atoms with van der Waals surface area (Å²) in [5.74, 6) is 0. The molecule has 1 aliphatic carbocycles. The third kappa shape index (κ3) is 4.63. The van der Waals surface area contributed by atoms with E-state index in [4.69, 9.17) is 4.99 Å². The molecular weight excluding hydrogens is 230 g/mol. The SMILES string of the molecule is CC1(C)C=NC2(C/C=C/CC/C=C/C1)CCCCC2. The van der Waals surface area contributed by atoms with Gasteiger partial charge in [-0.25, -0.2) is 0 Å². The predicted molar refractivity (Wildman–Crippen MR) is 84.8 cm³/mol. The van der Waals surface area contributed by atoms with E-state index >= 15 is 0 Å². The molecule has 0 amide bonds. The molecule has 2 aliphatic rings. The van der Waals surface area contributed by atoms with Crippen LogP contribution in [0.25, 0.3) is 0 Å². The summed E-state index contributed by atoms with van der Waals surface area (Å²) in [6.45, 7) is 4.61. The van der Waals surface area contributed by atoms with Crippen LogP contribution < -0.4 is 0 Å². The van der Waals surface area contributed by atoms with E-state index in [0.29, 0.717) is 0 Å². The van der Waals surface area contributed by atoms with Crippen molar-refractivity contribution >= 4 is 6.21 Å². The number of hydrogen-bond acceptors (Lipinski definition) is 1. The normalized spacial score (nSPS) is 30.2. The second-order valence-electron chi connectivity index (χ2n) is 6.96. The molecule has 19 heavy (non-hydrogen) atoms. The molecule has 1 saturated carbocycles. The highest BCUT2D eigenvalue weighted by Crippen LogP contribution is 2.36. The van der Waals surface area contributed by atoms with Crippen molar-refractivity contribution in [2.75, 3.05) is 0 Å². The molecule has 0 aromatic rings. The second-order valence-corrected chi connectivity index (χ2v) is 6.96. The van der Waals surface area contributed by atoms with Crippen LogP contribution in [0, 0.1) is 5.41 Å². The van der Waals surface area contributed by atoms with Gasteiger partial charge >= 0.3 is 0 Å². The standard InChI is InChI=1S/C18H29N/c1-17(2)12-8-5-3-4-6-9-13-18(19-16-17)14-10-7-11-15-18/h5-6,8-9,16H,3-4,7,10-15H2,1-2H3/b8-5+,9-6+,19-16?. The van der Waals surface area contributed by atoms with Crippen molar-refractivity contribution in [2.45, 2.75) is 77.2 Å². The van der Waals surface area contributed by atoms with Gasteiger partial charge in [-0.1, -0.05) is 57.4 Å². The van der Waals surface area contributed by atoms with Gasteiger partial charge in [-0.05, 0) is 38.5 Å². The number of allylic oxidation sites excluding steroid dienone is 3. The van der Waals surface area contributed by atoms with Gasteiger partial charge in [0.25, 0.3) is 0 Å². The third-order valence-electron chi connectivity index (χ3n) is 4.45. The summed E-state index contributed by atoms with van der Waals surface area (Å²) < 4.78 is 0. The zero-order valence-corrected chi connectivity index (χ0v) is 12.7. The van der Waals surface area contributed by atoms with Crippen LogP contribution in [-0.2, 0) is 0 Å². The first kappa shape index (κ1) is 14.6. The molecule has 0 unspecified atom stereocenters. The van der Waals surface area contributed by atoms with Crippen LogP contribution in [0.3, 0.4) is 0 Å². The first-order valence-electron chi connectivity index (χ1n) is 7.98. The first-order valence-corrected chi connectivity index (χ1v) is 7.98. The van der Waals surface area contributed by atoms with Crippen molar-refractivity contribution in [3.8, 4) is 0 Å². The van der Waals surface area contributed by atoms with Crippen LogP contribution in [0.2, 0.25) is 0 Å². The summed E-state index contributed by atoms with van der Waals surface area (Å²) in [5, 5.41) is 0. The van der Waals surface area contributed by atoms with Crippen LogP contribution in [0.4, 0.5) is 0 Å². The Balaban J connectivity index is 2.17. The molecule has 1 spiro atoms. The van der Waals surface area contributed by atoms with Crippen molar-refractivity contribution in [1.82, 2.24) is 0 Å². The Morgan fingerprint density at radius 2 is 1.42 bits per heavy atom. The number of rotatable bonds is 0. The molecule has 0 aromatic carbocycles. The second kappa shape index (κ2) is 6.54. The summed E-state index contributed by atoms with van der Waals surface area (Å²) >= 11 is 0. The van der Waals surface area contributed by atoms with E-state index in [1.54, 1.807) is 0 Å². The average molecular weight is 259 g/mol. The molecule has 0 saturated heterocycles. The highest BCUT2D eigenvalue weighted by Gasteiger charge is 2.30. The fourth-order valence-corrected chi connectivity index (χ4v) is 3.08. The number of aliphatic imine (C=N–C) groups is 1. The summed E-state index contributed by atoms with van der Waals surface area (Å²) in [5.41, 5.74) is 0.415. The molecule has 1 fully saturated rings. The van der Waals surface area contributed by atoms with Crippen molar-refractivity contribution in [1.29, 1.82) is 0 Å². The van der Waals surface area contributed by atoms with Gasteiger partial charge < -0.3 is 0 Å². The van der Waals surface area contributed by atoms with E-state index in [0.717, 1.165) is 12.8 Å². The molecule has 2 rings (SSSR count). The molecule has 1 aliphatic heterocycles. The smallest absolute Gasteiger partial charge is 0.0638 e. The third-order valence-corrected chi connectivity index (χ3v) is 4.45. The minimum atomic E-state index is 0.198. The molecular formula is C18H29N. The van der Waals surface area contributed by atoms with E-state index in [1.165, 1.54) is 44.9 Å². The van der Waals surface area contributed by atoms with E-state index in [1.807, 2.05) is 0 Å². The first-order chi connectivity index (χ1) is 9.12. The lowest BCUT2D eigenvalue weighted by Crippen LogP contribution is -2.30. The van der Waals surface area contributed by atoms with Gasteiger partial charge in [-0.3, -0.25) is 4.99 Å². The lowest BCUT2D eigenvalue weighted by atomic mass is 9.79. The van der Waals surface area contributed by atoms with E-state index in [2.05, 4.69) is 44.4 Å². The lowest BCUT2D eigenvalue weighted by molar-refractivity contribution is 0.299. The zero-order chi connectivity index (χ0) is 13.6. The Labute approximate surface area is 118 Å². The minimum absolute atomic E-state index is 0.198. The average Bonchev–Trinajstić information content (AvgIpc) is 2.40. The summed E-state index contributed by atoms with van der Waals surface area (Å²) in [6, 6.07) is 0. The Morgan fingerprint density at radius 3 is 2.11 bits per heavy atom. The summed E-state index contributed by atoms with van der Waals surface area (Å²) in [4.78, 5) is 5.09. The van der Waals surface area contributed by atoms with Crippen molar-refractivity contribution in [2.24, 2.45) is 10.4 Å². The van der Waals surface area contributed by atoms with E-state index in [9.17, 15) is 0 Å². The maximum Gasteiger partial charge on any atom is 0.0638 e. The topological polar surface area (TPSA) is 12.4 Å². The van der Waals surface area contributed by atoms with Crippen LogP contribution in [0.15, 0.2) is 29.3 Å². The fourth-order valence-electron chi connectivity index (χ4n) is 3.08. The van der Waals surface area contributed by atoms with Gasteiger partial charge in [0.05, 0.1) is 5.54 Å². The lowest BCUT2D eigenvalue weighted by Gasteiger charge is -2.34. The minimum Gasteiger partial charge on any atom is -0.290 e. The molecule has 1 nitrogen and oxygen atoms in total. The zero-order valence-electron chi connectivity index (χ0n) is 12.7. The van der Waals surface area contributed by atoms with Gasteiger partial charge in [0.15, 0.2) is 0 Å². The molecule has 1 heteroatoms. The van der Waals surface area contributed by atoms with Crippen LogP contribution >= 0.6 is 0 Å². The van der Waals surface area contributed by atoms with Crippen molar-refractivity contribution in [3.05, 3.63) is 24.3 Å². The fraction of sp³-hybridized carbons (Fsp3) is 0.722. The van der Waals surface area contributed by atoms with Crippen molar-refractivity contribution in [3.63, 3.8) is 0 Å². The molecule has 0 N–H and O–H groups in total. The summed E-state index contributed by atoms with van der Waals surface area (Å²) in [7, 11) is 0. The maximum atomic E-state index is 5.09. The quantitative estimate of drug-likeness (QED) is 0.511. The Kier molecular flexibility index (Phi) is 5.01. The van der Waals surface area contributed by atoms with Gasteiger partial charge in [0, 0.05) is 11.6 Å². The Bertz CT molecular complexity index is 354. The van der Waals surface area contributed by atoms with E-state index in [-0.39, 0.29) is 11.0 Å². The highest BCUT2D eigenvalue weighted by molar-refractivity contribution is 5.65. The molecule has 0 atom stereocenters. The molecule has 0 aromatic heterocycles. The molecule has 106 valence electrons. The number of hydrogen-bond donors (Lipinski definition) is 0. The van der Waals surface area contributed by atoms with Crippen LogP contribution in [0.1, 0.15) is 71.6 Å². The van der Waals surface area contributed by atoms with Crippen LogP contribution in [0.5, 0.6) is 0 Å².